The van der Waals surface area contributed by atoms with Gasteiger partial charge in [0.05, 0.1) is 15.5 Å². The third-order valence-electron chi connectivity index (χ3n) is 3.58. The van der Waals surface area contributed by atoms with Gasteiger partial charge in [-0.25, -0.2) is 16.8 Å². The summed E-state index contributed by atoms with van der Waals surface area (Å²) in [7, 11) is -8.88. The average molecular weight is 421 g/mol. The number of carbonyl (C=O) groups excluding carboxylic acids is 1. The number of sulfone groups is 2. The highest BCUT2D eigenvalue weighted by Crippen LogP contribution is 2.30. The number of hydrogen-bond acceptors (Lipinski definition) is 5. The molecule has 146 valence electrons. The minimum Gasteiger partial charge on any atom is -0.322 e. The van der Waals surface area contributed by atoms with Crippen molar-refractivity contribution in [3.8, 4) is 0 Å². The topological polar surface area (TPSA) is 97.4 Å². The average Bonchev–Trinajstić information content (AvgIpc) is 2.61. The molecule has 0 unspecified atom stereocenters. The molecule has 0 fully saturated rings. The lowest BCUT2D eigenvalue weighted by molar-refractivity contribution is -0.0436. The first-order valence-electron chi connectivity index (χ1n) is 7.44. The van der Waals surface area contributed by atoms with Crippen molar-refractivity contribution >= 4 is 31.3 Å². The molecule has 0 aliphatic heterocycles. The third-order valence-corrected chi connectivity index (χ3v) is 6.84. The molecule has 0 saturated carbocycles. The summed E-state index contributed by atoms with van der Waals surface area (Å²) in [5, 5.41) is 2.44. The quantitative estimate of drug-likeness (QED) is 0.800. The molecule has 0 bridgehead atoms. The Morgan fingerprint density at radius 3 is 1.81 bits per heavy atom. The zero-order valence-corrected chi connectivity index (χ0v) is 15.5. The Bertz CT molecular complexity index is 1040. The van der Waals surface area contributed by atoms with Gasteiger partial charge in [-0.3, -0.25) is 4.79 Å². The van der Waals surface area contributed by atoms with Crippen LogP contribution in [0.1, 0.15) is 17.3 Å². The normalized spacial score (nSPS) is 12.6. The van der Waals surface area contributed by atoms with Gasteiger partial charge in [-0.15, -0.1) is 0 Å². The number of rotatable bonds is 5. The molecule has 0 radical (unpaired) electrons. The van der Waals surface area contributed by atoms with Crippen LogP contribution in [0.2, 0.25) is 0 Å². The summed E-state index contributed by atoms with van der Waals surface area (Å²) in [5.41, 5.74) is -5.24. The fraction of sp³-hybridized carbons (Fsp3) is 0.188. The lowest BCUT2D eigenvalue weighted by Gasteiger charge is -2.09. The van der Waals surface area contributed by atoms with Crippen molar-refractivity contribution in [2.24, 2.45) is 0 Å². The van der Waals surface area contributed by atoms with Crippen LogP contribution >= 0.6 is 0 Å². The van der Waals surface area contributed by atoms with E-state index in [4.69, 9.17) is 0 Å². The second-order valence-corrected chi connectivity index (χ2v) is 9.57. The molecule has 27 heavy (non-hydrogen) atoms. The summed E-state index contributed by atoms with van der Waals surface area (Å²) in [6.07, 6.45) is 0. The Balaban J connectivity index is 2.18. The number of carbonyl (C=O) groups is 1. The lowest BCUT2D eigenvalue weighted by Crippen LogP contribution is -2.23. The van der Waals surface area contributed by atoms with Gasteiger partial charge in [0.1, 0.15) is 0 Å². The van der Waals surface area contributed by atoms with Gasteiger partial charge in [-0.05, 0) is 48.5 Å². The Hall–Kier alpha value is -2.40. The maximum atomic E-state index is 12.5. The van der Waals surface area contributed by atoms with Crippen molar-refractivity contribution < 1.29 is 34.8 Å². The van der Waals surface area contributed by atoms with Crippen molar-refractivity contribution in [2.45, 2.75) is 22.2 Å². The molecular formula is C16H14F3NO5S2. The largest absolute Gasteiger partial charge is 0.501 e. The van der Waals surface area contributed by atoms with E-state index in [1.807, 2.05) is 0 Å². The molecule has 0 spiro atoms. The van der Waals surface area contributed by atoms with Crippen molar-refractivity contribution in [1.29, 1.82) is 0 Å². The van der Waals surface area contributed by atoms with Gasteiger partial charge < -0.3 is 5.32 Å². The van der Waals surface area contributed by atoms with E-state index in [1.54, 1.807) is 0 Å². The van der Waals surface area contributed by atoms with Gasteiger partial charge in [0.2, 0.25) is 0 Å². The zero-order valence-electron chi connectivity index (χ0n) is 13.8. The van der Waals surface area contributed by atoms with E-state index in [-0.39, 0.29) is 21.9 Å². The molecule has 1 amide bonds. The molecule has 2 aromatic rings. The van der Waals surface area contributed by atoms with Gasteiger partial charge in [-0.2, -0.15) is 13.2 Å². The molecule has 6 nitrogen and oxygen atoms in total. The van der Waals surface area contributed by atoms with Crippen LogP contribution in [0.4, 0.5) is 18.9 Å². The highest BCUT2D eigenvalue weighted by atomic mass is 32.2. The number of amides is 1. The number of halogens is 3. The van der Waals surface area contributed by atoms with Crippen LogP contribution in [0.5, 0.6) is 0 Å². The second kappa shape index (κ2) is 7.31. The number of nitrogens with one attached hydrogen (secondary N) is 1. The highest BCUT2D eigenvalue weighted by Gasteiger charge is 2.46. The molecule has 0 aliphatic rings. The Kier molecular flexibility index (Phi) is 5.66. The first-order valence-corrected chi connectivity index (χ1v) is 10.6. The molecule has 1 N–H and O–H groups in total. The van der Waals surface area contributed by atoms with E-state index in [1.165, 1.54) is 31.2 Å². The molecule has 0 atom stereocenters. The fourth-order valence-corrected chi connectivity index (χ4v) is 3.68. The number of benzene rings is 2. The van der Waals surface area contributed by atoms with Gasteiger partial charge in [0.25, 0.3) is 15.7 Å². The minimum absolute atomic E-state index is 0.0682. The monoisotopic (exact) mass is 421 g/mol. The van der Waals surface area contributed by atoms with Crippen LogP contribution in [0, 0.1) is 0 Å². The van der Waals surface area contributed by atoms with Gasteiger partial charge in [0, 0.05) is 11.3 Å². The molecule has 11 heteroatoms. The molecular weight excluding hydrogens is 407 g/mol. The Morgan fingerprint density at radius 1 is 0.889 bits per heavy atom. The summed E-state index contributed by atoms with van der Waals surface area (Å²) >= 11 is 0. The maximum absolute atomic E-state index is 12.5. The zero-order chi connectivity index (χ0) is 20.5. The van der Waals surface area contributed by atoms with Crippen LogP contribution in [-0.4, -0.2) is 34.0 Å². The summed E-state index contributed by atoms with van der Waals surface area (Å²) < 4.78 is 83.5. The summed E-state index contributed by atoms with van der Waals surface area (Å²) in [5.74, 6) is -0.775. The summed E-state index contributed by atoms with van der Waals surface area (Å²) in [6.45, 7) is 1.49. The Labute approximate surface area is 153 Å². The van der Waals surface area contributed by atoms with Crippen molar-refractivity contribution in [2.75, 3.05) is 11.1 Å². The predicted octanol–water partition coefficient (Wildman–Crippen LogP) is 3.03. The summed E-state index contributed by atoms with van der Waals surface area (Å²) in [4.78, 5) is 11.2. The van der Waals surface area contributed by atoms with E-state index in [0.717, 1.165) is 12.1 Å². The van der Waals surface area contributed by atoms with Crippen molar-refractivity contribution in [1.82, 2.24) is 0 Å². The number of hydrogen-bond donors (Lipinski definition) is 1. The minimum atomic E-state index is -5.49. The summed E-state index contributed by atoms with van der Waals surface area (Å²) in [6, 6.07) is 8.63. The van der Waals surface area contributed by atoms with E-state index >= 15 is 0 Å². The molecule has 2 aromatic carbocycles. The first-order chi connectivity index (χ1) is 12.4. The van der Waals surface area contributed by atoms with E-state index in [9.17, 15) is 34.8 Å². The van der Waals surface area contributed by atoms with Crippen LogP contribution in [0.3, 0.4) is 0 Å². The molecule has 0 aromatic heterocycles. The fourth-order valence-electron chi connectivity index (χ4n) is 2.03. The molecule has 0 heterocycles. The third kappa shape index (κ3) is 4.48. The van der Waals surface area contributed by atoms with Gasteiger partial charge in [0.15, 0.2) is 9.84 Å². The standard InChI is InChI=1S/C16H14F3NO5S2/c1-2-26(22,23)13-9-5-12(6-10-13)20-15(21)11-3-7-14(8-4-11)27(24,25)16(17,18)19/h3-10H,2H2,1H3,(H,20,21). The van der Waals surface area contributed by atoms with E-state index < -0.39 is 36.0 Å². The van der Waals surface area contributed by atoms with Crippen molar-refractivity contribution in [3.05, 3.63) is 54.1 Å². The first kappa shape index (κ1) is 20.9. The van der Waals surface area contributed by atoms with Crippen LogP contribution < -0.4 is 5.32 Å². The Morgan fingerprint density at radius 2 is 1.37 bits per heavy atom. The van der Waals surface area contributed by atoms with Crippen LogP contribution in [0.25, 0.3) is 0 Å². The second-order valence-electron chi connectivity index (χ2n) is 5.36. The van der Waals surface area contributed by atoms with Crippen LogP contribution in [0.15, 0.2) is 58.3 Å². The SMILES string of the molecule is CCS(=O)(=O)c1ccc(NC(=O)c2ccc(S(=O)(=O)C(F)(F)F)cc2)cc1. The number of anilines is 1. The predicted molar refractivity (Wildman–Crippen MR) is 91.8 cm³/mol. The molecule has 0 saturated heterocycles. The number of alkyl halides is 3. The van der Waals surface area contributed by atoms with Crippen molar-refractivity contribution in [3.63, 3.8) is 0 Å². The van der Waals surface area contributed by atoms with Crippen LogP contribution in [-0.2, 0) is 19.7 Å². The van der Waals surface area contributed by atoms with Gasteiger partial charge >= 0.3 is 5.51 Å². The smallest absolute Gasteiger partial charge is 0.322 e. The highest BCUT2D eigenvalue weighted by molar-refractivity contribution is 7.92. The maximum Gasteiger partial charge on any atom is 0.501 e. The van der Waals surface area contributed by atoms with Gasteiger partial charge in [-0.1, -0.05) is 6.92 Å². The van der Waals surface area contributed by atoms with E-state index in [0.29, 0.717) is 12.1 Å². The molecule has 0 aliphatic carbocycles. The lowest BCUT2D eigenvalue weighted by atomic mass is 10.2. The molecule has 2 rings (SSSR count). The van der Waals surface area contributed by atoms with E-state index in [2.05, 4.69) is 5.32 Å².